The van der Waals surface area contributed by atoms with Crippen molar-refractivity contribution in [3.8, 4) is 0 Å². The molecule has 0 unspecified atom stereocenters. The lowest BCUT2D eigenvalue weighted by Gasteiger charge is -2.35. The molecule has 2 heterocycles. The van der Waals surface area contributed by atoms with Crippen LogP contribution < -0.4 is 5.32 Å². The van der Waals surface area contributed by atoms with Crippen molar-refractivity contribution in [3.63, 3.8) is 0 Å². The summed E-state index contributed by atoms with van der Waals surface area (Å²) in [5.41, 5.74) is 2.68. The third-order valence-electron chi connectivity index (χ3n) is 4.01. The Kier molecular flexibility index (Phi) is 3.17. The van der Waals surface area contributed by atoms with Crippen molar-refractivity contribution in [2.24, 2.45) is 11.8 Å². The van der Waals surface area contributed by atoms with Crippen LogP contribution in [0.4, 0.5) is 0 Å². The standard InChI is InChI=1S/C14H17ClN2/c15-14-4-3-12(9-17-14)11-2-1-10-5-6-16-8-13(10)7-11/h2-4,9-10,13,16H,1,5-8H2/t10-,13+/m0/s1. The van der Waals surface area contributed by atoms with Crippen LogP contribution in [0.2, 0.25) is 5.15 Å². The molecule has 90 valence electrons. The van der Waals surface area contributed by atoms with Gasteiger partial charge in [-0.05, 0) is 61.4 Å². The summed E-state index contributed by atoms with van der Waals surface area (Å²) in [7, 11) is 0. The van der Waals surface area contributed by atoms with Crippen LogP contribution in [0.15, 0.2) is 24.4 Å². The van der Waals surface area contributed by atoms with Gasteiger partial charge >= 0.3 is 0 Å². The third kappa shape index (κ3) is 2.38. The zero-order valence-corrected chi connectivity index (χ0v) is 10.6. The first-order valence-electron chi connectivity index (χ1n) is 6.34. The van der Waals surface area contributed by atoms with E-state index in [0.29, 0.717) is 5.15 Å². The summed E-state index contributed by atoms with van der Waals surface area (Å²) in [4.78, 5) is 4.17. The highest BCUT2D eigenvalue weighted by Crippen LogP contribution is 2.37. The topological polar surface area (TPSA) is 24.9 Å². The van der Waals surface area contributed by atoms with Crippen LogP contribution >= 0.6 is 11.6 Å². The van der Waals surface area contributed by atoms with Crippen molar-refractivity contribution in [2.75, 3.05) is 13.1 Å². The first-order chi connectivity index (χ1) is 8.33. The van der Waals surface area contributed by atoms with Gasteiger partial charge in [-0.1, -0.05) is 23.7 Å². The number of aromatic nitrogens is 1. The fourth-order valence-corrected chi connectivity index (χ4v) is 3.10. The van der Waals surface area contributed by atoms with E-state index in [1.807, 2.05) is 12.3 Å². The van der Waals surface area contributed by atoms with Gasteiger partial charge in [0.15, 0.2) is 0 Å². The second-order valence-electron chi connectivity index (χ2n) is 5.05. The smallest absolute Gasteiger partial charge is 0.129 e. The van der Waals surface area contributed by atoms with Crippen LogP contribution in [0, 0.1) is 11.8 Å². The summed E-state index contributed by atoms with van der Waals surface area (Å²) in [5, 5.41) is 4.07. The third-order valence-corrected chi connectivity index (χ3v) is 4.24. The number of halogens is 1. The van der Waals surface area contributed by atoms with E-state index in [2.05, 4.69) is 22.4 Å². The summed E-state index contributed by atoms with van der Waals surface area (Å²) < 4.78 is 0. The number of hydrogen-bond acceptors (Lipinski definition) is 2. The van der Waals surface area contributed by atoms with Crippen LogP contribution in [0.25, 0.3) is 5.57 Å². The van der Waals surface area contributed by atoms with E-state index in [0.717, 1.165) is 11.8 Å². The van der Waals surface area contributed by atoms with Gasteiger partial charge in [-0.3, -0.25) is 0 Å². The number of piperidine rings is 1. The molecule has 17 heavy (non-hydrogen) atoms. The molecular formula is C14H17ClN2. The second kappa shape index (κ2) is 4.79. The van der Waals surface area contributed by atoms with Crippen molar-refractivity contribution in [1.82, 2.24) is 10.3 Å². The van der Waals surface area contributed by atoms with E-state index in [-0.39, 0.29) is 0 Å². The molecule has 2 aliphatic rings. The average molecular weight is 249 g/mol. The maximum absolute atomic E-state index is 5.82. The lowest BCUT2D eigenvalue weighted by Crippen LogP contribution is -2.37. The number of hydrogen-bond donors (Lipinski definition) is 1. The van der Waals surface area contributed by atoms with Crippen LogP contribution in [0.5, 0.6) is 0 Å². The van der Waals surface area contributed by atoms with E-state index in [4.69, 9.17) is 11.6 Å². The van der Waals surface area contributed by atoms with Gasteiger partial charge in [0, 0.05) is 6.20 Å². The second-order valence-corrected chi connectivity index (χ2v) is 5.44. The SMILES string of the molecule is Clc1ccc(C2=CC[C@H]3CCNC[C@H]3C2)cn1. The molecule has 3 heteroatoms. The van der Waals surface area contributed by atoms with Crippen molar-refractivity contribution in [2.45, 2.75) is 19.3 Å². The van der Waals surface area contributed by atoms with Gasteiger partial charge in [-0.2, -0.15) is 0 Å². The van der Waals surface area contributed by atoms with Gasteiger partial charge in [0.05, 0.1) is 0 Å². The molecule has 1 aliphatic carbocycles. The molecule has 1 aliphatic heterocycles. The Bertz CT molecular complexity index is 424. The highest BCUT2D eigenvalue weighted by Gasteiger charge is 2.28. The number of fused-ring (bicyclic) bond motifs is 1. The highest BCUT2D eigenvalue weighted by molar-refractivity contribution is 6.29. The van der Waals surface area contributed by atoms with E-state index in [1.54, 1.807) is 0 Å². The summed E-state index contributed by atoms with van der Waals surface area (Å²) >= 11 is 5.82. The molecule has 0 aromatic carbocycles. The molecule has 0 bridgehead atoms. The van der Waals surface area contributed by atoms with Crippen LogP contribution in [-0.2, 0) is 0 Å². The Labute approximate surface area is 107 Å². The minimum absolute atomic E-state index is 0.572. The van der Waals surface area contributed by atoms with Gasteiger partial charge in [-0.25, -0.2) is 4.98 Å². The number of pyridine rings is 1. The Morgan fingerprint density at radius 2 is 2.24 bits per heavy atom. The Morgan fingerprint density at radius 1 is 1.29 bits per heavy atom. The molecule has 2 nitrogen and oxygen atoms in total. The Balaban J connectivity index is 1.80. The van der Waals surface area contributed by atoms with Crippen molar-refractivity contribution < 1.29 is 0 Å². The minimum atomic E-state index is 0.572. The van der Waals surface area contributed by atoms with E-state index in [1.165, 1.54) is 43.5 Å². The Morgan fingerprint density at radius 3 is 3.06 bits per heavy atom. The zero-order valence-electron chi connectivity index (χ0n) is 9.82. The fraction of sp³-hybridized carbons (Fsp3) is 0.500. The molecule has 1 N–H and O–H groups in total. The molecule has 0 radical (unpaired) electrons. The minimum Gasteiger partial charge on any atom is -0.316 e. The molecule has 2 atom stereocenters. The zero-order chi connectivity index (χ0) is 11.7. The van der Waals surface area contributed by atoms with Crippen LogP contribution in [0.3, 0.4) is 0 Å². The first kappa shape index (κ1) is 11.2. The number of allylic oxidation sites excluding steroid dienone is 2. The molecule has 1 aromatic rings. The Hall–Kier alpha value is -0.860. The average Bonchev–Trinajstić information content (AvgIpc) is 2.39. The molecule has 3 rings (SSSR count). The van der Waals surface area contributed by atoms with Crippen LogP contribution in [-0.4, -0.2) is 18.1 Å². The molecule has 1 fully saturated rings. The molecule has 0 amide bonds. The maximum atomic E-state index is 5.82. The van der Waals surface area contributed by atoms with Crippen molar-refractivity contribution in [3.05, 3.63) is 35.1 Å². The van der Waals surface area contributed by atoms with Gasteiger partial charge in [0.1, 0.15) is 5.15 Å². The van der Waals surface area contributed by atoms with E-state index >= 15 is 0 Å². The molecule has 1 aromatic heterocycles. The van der Waals surface area contributed by atoms with Crippen molar-refractivity contribution in [1.29, 1.82) is 0 Å². The molecule has 0 saturated carbocycles. The number of rotatable bonds is 1. The van der Waals surface area contributed by atoms with Gasteiger partial charge in [0.25, 0.3) is 0 Å². The van der Waals surface area contributed by atoms with E-state index in [9.17, 15) is 0 Å². The largest absolute Gasteiger partial charge is 0.316 e. The normalized spacial score (nSPS) is 28.4. The van der Waals surface area contributed by atoms with E-state index < -0.39 is 0 Å². The summed E-state index contributed by atoms with van der Waals surface area (Å²) in [5.74, 6) is 1.69. The first-order valence-corrected chi connectivity index (χ1v) is 6.72. The predicted octanol–water partition coefficient (Wildman–Crippen LogP) is 3.14. The monoisotopic (exact) mass is 248 g/mol. The predicted molar refractivity (Wildman–Crippen MR) is 70.9 cm³/mol. The van der Waals surface area contributed by atoms with Gasteiger partial charge in [-0.15, -0.1) is 0 Å². The lowest BCUT2D eigenvalue weighted by molar-refractivity contribution is 0.252. The maximum Gasteiger partial charge on any atom is 0.129 e. The quantitative estimate of drug-likeness (QED) is 0.773. The number of nitrogens with zero attached hydrogens (tertiary/aromatic N) is 1. The van der Waals surface area contributed by atoms with Crippen LogP contribution in [0.1, 0.15) is 24.8 Å². The van der Waals surface area contributed by atoms with Gasteiger partial charge in [0.2, 0.25) is 0 Å². The summed E-state index contributed by atoms with van der Waals surface area (Å²) in [6, 6.07) is 3.96. The number of nitrogens with one attached hydrogen (secondary N) is 1. The van der Waals surface area contributed by atoms with Crippen molar-refractivity contribution >= 4 is 17.2 Å². The highest BCUT2D eigenvalue weighted by atomic mass is 35.5. The summed E-state index contributed by atoms with van der Waals surface area (Å²) in [6.45, 7) is 2.36. The lowest BCUT2D eigenvalue weighted by atomic mass is 9.75. The van der Waals surface area contributed by atoms with Gasteiger partial charge < -0.3 is 5.32 Å². The molecule has 1 saturated heterocycles. The summed E-state index contributed by atoms with van der Waals surface area (Å²) in [6.07, 6.45) is 8.03. The fourth-order valence-electron chi connectivity index (χ4n) is 2.99. The molecular weight excluding hydrogens is 232 g/mol. The molecule has 0 spiro atoms.